The Morgan fingerprint density at radius 1 is 1.09 bits per heavy atom. The number of halogens is 1. The van der Waals surface area contributed by atoms with E-state index in [1.807, 2.05) is 0 Å². The molecule has 0 unspecified atom stereocenters. The molecule has 0 aliphatic heterocycles. The average Bonchev–Trinajstić information content (AvgIpc) is 2.48. The van der Waals surface area contributed by atoms with Gasteiger partial charge in [0.25, 0.3) is 0 Å². The van der Waals surface area contributed by atoms with Crippen LogP contribution in [0.3, 0.4) is 0 Å². The number of hydrogen-bond donors (Lipinski definition) is 2. The van der Waals surface area contributed by atoms with Crippen LogP contribution in [0.15, 0.2) is 64.8 Å². The second kappa shape index (κ2) is 7.04. The largest absolute Gasteiger partial charge is 0.478 e. The normalized spacial score (nSPS) is 11.1. The van der Waals surface area contributed by atoms with Crippen molar-refractivity contribution in [1.82, 2.24) is 0 Å². The van der Waals surface area contributed by atoms with Gasteiger partial charge in [-0.1, -0.05) is 28.1 Å². The highest BCUT2D eigenvalue weighted by Gasteiger charge is 2.09. The molecule has 4 nitrogen and oxygen atoms in total. The number of benzene rings is 2. The summed E-state index contributed by atoms with van der Waals surface area (Å²) in [4.78, 5) is 23.3. The molecule has 0 aliphatic carbocycles. The molecule has 0 heterocycles. The number of nitrogens with one attached hydrogen (secondary N) is 1. The first kappa shape index (κ1) is 16.0. The third-order valence-corrected chi connectivity index (χ3v) is 3.49. The van der Waals surface area contributed by atoms with Gasteiger partial charge in [0.2, 0.25) is 0 Å². The zero-order valence-corrected chi connectivity index (χ0v) is 13.4. The molecule has 0 amide bonds. The van der Waals surface area contributed by atoms with Crippen LogP contribution in [0.4, 0.5) is 5.69 Å². The summed E-state index contributed by atoms with van der Waals surface area (Å²) >= 11 is 3.32. The van der Waals surface area contributed by atoms with Crippen molar-refractivity contribution in [3.63, 3.8) is 0 Å². The summed E-state index contributed by atoms with van der Waals surface area (Å²) in [6.07, 6.45) is 1.45. The van der Waals surface area contributed by atoms with Crippen LogP contribution in [-0.2, 0) is 0 Å². The molecular weight excluding hydrogens is 346 g/mol. The summed E-state index contributed by atoms with van der Waals surface area (Å²) in [5.41, 5.74) is 1.75. The first-order valence-electron chi connectivity index (χ1n) is 6.55. The van der Waals surface area contributed by atoms with Crippen LogP contribution in [0.5, 0.6) is 0 Å². The summed E-state index contributed by atoms with van der Waals surface area (Å²) < 4.78 is 0.901. The van der Waals surface area contributed by atoms with Crippen LogP contribution in [0.2, 0.25) is 0 Å². The van der Waals surface area contributed by atoms with Crippen molar-refractivity contribution in [2.45, 2.75) is 6.92 Å². The molecule has 0 aromatic heterocycles. The third-order valence-electron chi connectivity index (χ3n) is 2.97. The fourth-order valence-corrected chi connectivity index (χ4v) is 2.19. The predicted molar refractivity (Wildman–Crippen MR) is 89.3 cm³/mol. The van der Waals surface area contributed by atoms with Gasteiger partial charge in [0.05, 0.1) is 11.3 Å². The van der Waals surface area contributed by atoms with Crippen LogP contribution >= 0.6 is 15.9 Å². The molecule has 2 aromatic carbocycles. The van der Waals surface area contributed by atoms with Crippen LogP contribution < -0.4 is 5.32 Å². The molecule has 2 N–H and O–H groups in total. The molecule has 2 aromatic rings. The van der Waals surface area contributed by atoms with Gasteiger partial charge in [0.15, 0.2) is 5.78 Å². The van der Waals surface area contributed by atoms with E-state index in [2.05, 4.69) is 21.2 Å². The third kappa shape index (κ3) is 4.05. The van der Waals surface area contributed by atoms with E-state index in [-0.39, 0.29) is 11.3 Å². The number of para-hydroxylation sites is 1. The quantitative estimate of drug-likeness (QED) is 0.615. The lowest BCUT2D eigenvalue weighted by molar-refractivity contribution is 0.0698. The van der Waals surface area contributed by atoms with E-state index in [9.17, 15) is 9.59 Å². The molecule has 0 aliphatic rings. The van der Waals surface area contributed by atoms with Crippen LogP contribution in [-0.4, -0.2) is 16.9 Å². The highest BCUT2D eigenvalue weighted by molar-refractivity contribution is 9.10. The maximum absolute atomic E-state index is 12.1. The van der Waals surface area contributed by atoms with Crippen molar-refractivity contribution in [3.8, 4) is 0 Å². The SMILES string of the molecule is C/C(=C\C(=O)c1ccc(Br)cc1)Nc1ccccc1C(=O)O. The molecule has 0 saturated carbocycles. The highest BCUT2D eigenvalue weighted by atomic mass is 79.9. The number of ketones is 1. The second-order valence-corrected chi connectivity index (χ2v) is 5.59. The van der Waals surface area contributed by atoms with E-state index in [1.165, 1.54) is 12.1 Å². The van der Waals surface area contributed by atoms with Gasteiger partial charge in [-0.3, -0.25) is 4.79 Å². The Hall–Kier alpha value is -2.40. The lowest BCUT2D eigenvalue weighted by atomic mass is 10.1. The average molecular weight is 360 g/mol. The standard InChI is InChI=1S/C17H14BrNO3/c1-11(10-16(20)12-6-8-13(18)9-7-12)19-15-5-3-2-4-14(15)17(21)22/h2-10,19H,1H3,(H,21,22)/b11-10+. The maximum atomic E-state index is 12.1. The number of carbonyl (C=O) groups excluding carboxylic acids is 1. The molecule has 0 fully saturated rings. The molecule has 112 valence electrons. The number of hydrogen-bond acceptors (Lipinski definition) is 3. The van der Waals surface area contributed by atoms with Gasteiger partial charge in [-0.15, -0.1) is 0 Å². The fraction of sp³-hybridized carbons (Fsp3) is 0.0588. The minimum atomic E-state index is -1.02. The number of carboxylic acids is 1. The number of rotatable bonds is 5. The monoisotopic (exact) mass is 359 g/mol. The zero-order chi connectivity index (χ0) is 16.1. The van der Waals surface area contributed by atoms with Gasteiger partial charge >= 0.3 is 5.97 Å². The Kier molecular flexibility index (Phi) is 5.12. The first-order chi connectivity index (χ1) is 10.5. The number of aromatic carboxylic acids is 1. The minimum absolute atomic E-state index is 0.148. The summed E-state index contributed by atoms with van der Waals surface area (Å²) in [6.45, 7) is 1.72. The molecule has 0 bridgehead atoms. The van der Waals surface area contributed by atoms with E-state index in [0.717, 1.165) is 4.47 Å². The van der Waals surface area contributed by atoms with E-state index < -0.39 is 5.97 Å². The van der Waals surface area contributed by atoms with Crippen LogP contribution in [0.1, 0.15) is 27.6 Å². The van der Waals surface area contributed by atoms with Crippen molar-refractivity contribution >= 4 is 33.4 Å². The lowest BCUT2D eigenvalue weighted by Crippen LogP contribution is -2.06. The fourth-order valence-electron chi connectivity index (χ4n) is 1.92. The van der Waals surface area contributed by atoms with Crippen molar-refractivity contribution in [1.29, 1.82) is 0 Å². The molecule has 5 heteroatoms. The number of allylic oxidation sites excluding steroid dienone is 2. The van der Waals surface area contributed by atoms with Gasteiger partial charge in [-0.25, -0.2) is 4.79 Å². The van der Waals surface area contributed by atoms with E-state index >= 15 is 0 Å². The minimum Gasteiger partial charge on any atom is -0.478 e. The molecular formula is C17H14BrNO3. The molecule has 0 saturated heterocycles. The van der Waals surface area contributed by atoms with Crippen molar-refractivity contribution < 1.29 is 14.7 Å². The Bertz CT molecular complexity index is 736. The molecule has 0 atom stereocenters. The van der Waals surface area contributed by atoms with Gasteiger partial charge in [0.1, 0.15) is 0 Å². The van der Waals surface area contributed by atoms with Crippen molar-refractivity contribution in [2.75, 3.05) is 5.32 Å². The second-order valence-electron chi connectivity index (χ2n) is 4.67. The van der Waals surface area contributed by atoms with Crippen LogP contribution in [0, 0.1) is 0 Å². The van der Waals surface area contributed by atoms with Crippen molar-refractivity contribution in [2.24, 2.45) is 0 Å². The Labute approximate surface area is 136 Å². The smallest absolute Gasteiger partial charge is 0.337 e. The zero-order valence-electron chi connectivity index (χ0n) is 11.8. The van der Waals surface area contributed by atoms with Gasteiger partial charge in [-0.2, -0.15) is 0 Å². The van der Waals surface area contributed by atoms with E-state index in [4.69, 9.17) is 5.11 Å². The summed E-state index contributed by atoms with van der Waals surface area (Å²) in [5, 5.41) is 12.1. The first-order valence-corrected chi connectivity index (χ1v) is 7.34. The topological polar surface area (TPSA) is 66.4 Å². The highest BCUT2D eigenvalue weighted by Crippen LogP contribution is 2.17. The summed E-state index contributed by atoms with van der Waals surface area (Å²) in [7, 11) is 0. The number of anilines is 1. The molecule has 0 radical (unpaired) electrons. The van der Waals surface area contributed by atoms with E-state index in [0.29, 0.717) is 16.9 Å². The van der Waals surface area contributed by atoms with Gasteiger partial charge in [0, 0.05) is 21.8 Å². The molecule has 2 rings (SSSR count). The Morgan fingerprint density at radius 2 is 1.73 bits per heavy atom. The van der Waals surface area contributed by atoms with E-state index in [1.54, 1.807) is 49.4 Å². The lowest BCUT2D eigenvalue weighted by Gasteiger charge is -2.09. The number of carboxylic acid groups (broad SMARTS) is 1. The van der Waals surface area contributed by atoms with Gasteiger partial charge < -0.3 is 10.4 Å². The number of carbonyl (C=O) groups is 2. The maximum Gasteiger partial charge on any atom is 0.337 e. The Morgan fingerprint density at radius 3 is 2.36 bits per heavy atom. The predicted octanol–water partition coefficient (Wildman–Crippen LogP) is 4.35. The van der Waals surface area contributed by atoms with Crippen LogP contribution in [0.25, 0.3) is 0 Å². The summed E-state index contributed by atoms with van der Waals surface area (Å²) in [5.74, 6) is -1.17. The summed E-state index contributed by atoms with van der Waals surface area (Å²) in [6, 6.07) is 13.6. The van der Waals surface area contributed by atoms with Crippen molar-refractivity contribution in [3.05, 3.63) is 75.9 Å². The molecule has 22 heavy (non-hydrogen) atoms. The Balaban J connectivity index is 2.18. The van der Waals surface area contributed by atoms with Gasteiger partial charge in [-0.05, 0) is 43.3 Å². The molecule has 0 spiro atoms.